The Morgan fingerprint density at radius 3 is 2.21 bits per heavy atom. The molecule has 1 aromatic rings. The van der Waals surface area contributed by atoms with E-state index in [9.17, 15) is 0 Å². The van der Waals surface area contributed by atoms with Gasteiger partial charge >= 0.3 is 0 Å². The van der Waals surface area contributed by atoms with E-state index in [4.69, 9.17) is 4.74 Å². The number of halogens is 1. The van der Waals surface area contributed by atoms with Crippen molar-refractivity contribution in [2.75, 3.05) is 0 Å². The molecule has 1 aromatic carbocycles. The van der Waals surface area contributed by atoms with E-state index in [1.165, 1.54) is 9.13 Å². The summed E-state index contributed by atoms with van der Waals surface area (Å²) in [6, 6.07) is 6.41. The second-order valence-electron chi connectivity index (χ2n) is 4.01. The Bertz CT molecular complexity index is 305. The summed E-state index contributed by atoms with van der Waals surface area (Å²) < 4.78 is 6.87. The summed E-state index contributed by atoms with van der Waals surface area (Å²) in [6.07, 6.45) is 0.244. The van der Waals surface area contributed by atoms with E-state index >= 15 is 0 Å². The molecule has 0 spiro atoms. The van der Waals surface area contributed by atoms with Crippen LogP contribution in [0.25, 0.3) is 0 Å². The van der Waals surface area contributed by atoms with Gasteiger partial charge in [-0.2, -0.15) is 0 Å². The lowest BCUT2D eigenvalue weighted by atomic mass is 10.0. The van der Waals surface area contributed by atoms with E-state index in [2.05, 4.69) is 54.6 Å². The summed E-state index contributed by atoms with van der Waals surface area (Å²) >= 11 is 2.33. The van der Waals surface area contributed by atoms with Crippen molar-refractivity contribution < 1.29 is 4.74 Å². The van der Waals surface area contributed by atoms with E-state index in [0.29, 0.717) is 5.92 Å². The second-order valence-corrected chi connectivity index (χ2v) is 5.17. The van der Waals surface area contributed by atoms with Crippen LogP contribution in [0.4, 0.5) is 0 Å². The minimum absolute atomic E-state index is 0.244. The van der Waals surface area contributed by atoms with Crippen molar-refractivity contribution in [1.29, 1.82) is 0 Å². The molecule has 0 bridgehead atoms. The first-order chi connectivity index (χ1) is 6.50. The minimum atomic E-state index is 0.244. The summed E-state index contributed by atoms with van der Waals surface area (Å²) in [7, 11) is 0. The Kier molecular flexibility index (Phi) is 4.23. The van der Waals surface area contributed by atoms with E-state index in [0.717, 1.165) is 5.75 Å². The Balaban J connectivity index is 2.90. The fourth-order valence-electron chi connectivity index (χ4n) is 1.23. The SMILES string of the molecule is CC(C)Oc1ccc(C(C)C)cc1I. The fraction of sp³-hybridized carbons (Fsp3) is 0.500. The van der Waals surface area contributed by atoms with Crippen molar-refractivity contribution in [3.05, 3.63) is 27.3 Å². The lowest BCUT2D eigenvalue weighted by Crippen LogP contribution is -2.06. The maximum Gasteiger partial charge on any atom is 0.133 e. The highest BCUT2D eigenvalue weighted by molar-refractivity contribution is 14.1. The van der Waals surface area contributed by atoms with Gasteiger partial charge in [-0.15, -0.1) is 0 Å². The number of hydrogen-bond acceptors (Lipinski definition) is 1. The second kappa shape index (κ2) is 5.01. The van der Waals surface area contributed by atoms with Crippen LogP contribution in [0.15, 0.2) is 18.2 Å². The first-order valence-corrected chi connectivity index (χ1v) is 6.04. The highest BCUT2D eigenvalue weighted by Gasteiger charge is 2.06. The summed E-state index contributed by atoms with van der Waals surface area (Å²) in [4.78, 5) is 0. The van der Waals surface area contributed by atoms with Crippen LogP contribution in [0, 0.1) is 3.57 Å². The molecular weight excluding hydrogens is 287 g/mol. The van der Waals surface area contributed by atoms with Gasteiger partial charge in [-0.1, -0.05) is 19.9 Å². The third kappa shape index (κ3) is 3.15. The van der Waals surface area contributed by atoms with Gasteiger partial charge < -0.3 is 4.74 Å². The molecule has 0 heterocycles. The molecule has 0 aliphatic heterocycles. The van der Waals surface area contributed by atoms with Crippen molar-refractivity contribution >= 4 is 22.6 Å². The molecule has 78 valence electrons. The molecule has 0 fully saturated rings. The smallest absolute Gasteiger partial charge is 0.133 e. The zero-order chi connectivity index (χ0) is 10.7. The van der Waals surface area contributed by atoms with Crippen LogP contribution < -0.4 is 4.74 Å². The number of rotatable bonds is 3. The minimum Gasteiger partial charge on any atom is -0.490 e. The van der Waals surface area contributed by atoms with Crippen molar-refractivity contribution in [3.63, 3.8) is 0 Å². The van der Waals surface area contributed by atoms with Crippen LogP contribution in [0.2, 0.25) is 0 Å². The van der Waals surface area contributed by atoms with Gasteiger partial charge in [0.05, 0.1) is 9.67 Å². The Morgan fingerprint density at radius 1 is 1.14 bits per heavy atom. The maximum absolute atomic E-state index is 5.67. The lowest BCUT2D eigenvalue weighted by molar-refractivity contribution is 0.240. The van der Waals surface area contributed by atoms with Crippen LogP contribution >= 0.6 is 22.6 Å². The first-order valence-electron chi connectivity index (χ1n) is 4.96. The van der Waals surface area contributed by atoms with Crippen molar-refractivity contribution in [3.8, 4) is 5.75 Å². The molecule has 0 atom stereocenters. The molecule has 0 aromatic heterocycles. The lowest BCUT2D eigenvalue weighted by Gasteiger charge is -2.13. The molecule has 0 N–H and O–H groups in total. The van der Waals surface area contributed by atoms with Gasteiger partial charge in [0, 0.05) is 0 Å². The van der Waals surface area contributed by atoms with E-state index in [1.807, 2.05) is 13.8 Å². The van der Waals surface area contributed by atoms with Crippen molar-refractivity contribution in [2.24, 2.45) is 0 Å². The van der Waals surface area contributed by atoms with Gasteiger partial charge in [0.25, 0.3) is 0 Å². The Hall–Kier alpha value is -0.250. The predicted octanol–water partition coefficient (Wildman–Crippen LogP) is 4.20. The zero-order valence-electron chi connectivity index (χ0n) is 9.17. The first kappa shape index (κ1) is 11.8. The molecule has 0 unspecified atom stereocenters. The number of ether oxygens (including phenoxy) is 1. The van der Waals surface area contributed by atoms with Crippen LogP contribution in [0.5, 0.6) is 5.75 Å². The molecular formula is C12H17IO. The van der Waals surface area contributed by atoms with Gasteiger partial charge in [-0.25, -0.2) is 0 Å². The standard InChI is InChI=1S/C12H17IO/c1-8(2)10-5-6-12(11(13)7-10)14-9(3)4/h5-9H,1-4H3. The monoisotopic (exact) mass is 304 g/mol. The molecule has 0 aliphatic rings. The zero-order valence-corrected chi connectivity index (χ0v) is 11.3. The normalized spacial score (nSPS) is 11.1. The van der Waals surface area contributed by atoms with Crippen LogP contribution in [0.3, 0.4) is 0 Å². The van der Waals surface area contributed by atoms with Crippen LogP contribution in [-0.4, -0.2) is 6.10 Å². The maximum atomic E-state index is 5.67. The van der Waals surface area contributed by atoms with Gasteiger partial charge in [0.15, 0.2) is 0 Å². The highest BCUT2D eigenvalue weighted by Crippen LogP contribution is 2.26. The number of benzene rings is 1. The third-order valence-electron chi connectivity index (χ3n) is 1.99. The van der Waals surface area contributed by atoms with E-state index in [1.54, 1.807) is 0 Å². The van der Waals surface area contributed by atoms with Crippen molar-refractivity contribution in [1.82, 2.24) is 0 Å². The average molecular weight is 304 g/mol. The largest absolute Gasteiger partial charge is 0.490 e. The van der Waals surface area contributed by atoms with Crippen LogP contribution in [-0.2, 0) is 0 Å². The fourth-order valence-corrected chi connectivity index (χ4v) is 1.89. The number of hydrogen-bond donors (Lipinski definition) is 0. The van der Waals surface area contributed by atoms with E-state index in [-0.39, 0.29) is 6.10 Å². The molecule has 14 heavy (non-hydrogen) atoms. The summed E-state index contributed by atoms with van der Waals surface area (Å²) in [5.74, 6) is 1.57. The molecule has 0 saturated carbocycles. The average Bonchev–Trinajstić information content (AvgIpc) is 2.07. The predicted molar refractivity (Wildman–Crippen MR) is 69.0 cm³/mol. The summed E-state index contributed by atoms with van der Waals surface area (Å²) in [5.41, 5.74) is 1.37. The van der Waals surface area contributed by atoms with Gasteiger partial charge in [-0.3, -0.25) is 0 Å². The van der Waals surface area contributed by atoms with Crippen LogP contribution in [0.1, 0.15) is 39.2 Å². The molecule has 0 saturated heterocycles. The Labute approximate surface area is 100.0 Å². The summed E-state index contributed by atoms with van der Waals surface area (Å²) in [6.45, 7) is 8.50. The molecule has 0 amide bonds. The molecule has 1 rings (SSSR count). The topological polar surface area (TPSA) is 9.23 Å². The van der Waals surface area contributed by atoms with E-state index < -0.39 is 0 Å². The molecule has 1 nitrogen and oxygen atoms in total. The van der Waals surface area contributed by atoms with Crippen molar-refractivity contribution in [2.45, 2.75) is 39.7 Å². The Morgan fingerprint density at radius 2 is 1.79 bits per heavy atom. The molecule has 0 aliphatic carbocycles. The molecule has 0 radical (unpaired) electrons. The third-order valence-corrected chi connectivity index (χ3v) is 2.83. The molecule has 2 heteroatoms. The quantitative estimate of drug-likeness (QED) is 0.760. The highest BCUT2D eigenvalue weighted by atomic mass is 127. The van der Waals surface area contributed by atoms with Gasteiger partial charge in [0.1, 0.15) is 5.75 Å². The van der Waals surface area contributed by atoms with Gasteiger partial charge in [-0.05, 0) is 60.1 Å². The van der Waals surface area contributed by atoms with Gasteiger partial charge in [0.2, 0.25) is 0 Å². The summed E-state index contributed by atoms with van der Waals surface area (Å²) in [5, 5.41) is 0.